The van der Waals surface area contributed by atoms with Crippen molar-refractivity contribution in [3.8, 4) is 0 Å². The molecule has 33 heavy (non-hydrogen) atoms. The van der Waals surface area contributed by atoms with E-state index in [1.165, 1.54) is 57.9 Å². The number of nitro benzene ring substituents is 1. The van der Waals surface area contributed by atoms with Crippen LogP contribution in [-0.2, 0) is 5.41 Å². The Morgan fingerprint density at radius 1 is 1.18 bits per heavy atom. The fourth-order valence-corrected chi connectivity index (χ4v) is 6.87. The standard InChI is InChI=1S/C24H28N3O4PS/c1-14-9-15(2)21(16(3)10-14)24(4)11-18(12-24)20-13-33-23(25-20)26-22(32(30)31)17-5-7-19(8-6-17)27(28)29/h5-10,13,18,22,30-31H,11-12H2,1-4H3,(H,25,26). The van der Waals surface area contributed by atoms with Crippen molar-refractivity contribution in [2.24, 2.45) is 0 Å². The zero-order chi connectivity index (χ0) is 23.9. The van der Waals surface area contributed by atoms with E-state index < -0.39 is 19.1 Å². The molecule has 1 fully saturated rings. The molecule has 4 rings (SSSR count). The van der Waals surface area contributed by atoms with E-state index in [4.69, 9.17) is 4.98 Å². The molecule has 0 radical (unpaired) electrons. The molecule has 3 aromatic rings. The van der Waals surface area contributed by atoms with Crippen LogP contribution in [0.25, 0.3) is 0 Å². The first-order valence-corrected chi connectivity index (χ1v) is 13.0. The lowest BCUT2D eigenvalue weighted by atomic mass is 9.57. The predicted octanol–water partition coefficient (Wildman–Crippen LogP) is 6.22. The molecular formula is C24H28N3O4PS. The number of nitro groups is 1. The molecule has 1 unspecified atom stereocenters. The molecule has 1 aliphatic carbocycles. The van der Waals surface area contributed by atoms with E-state index in [0.717, 1.165) is 18.5 Å². The summed E-state index contributed by atoms with van der Waals surface area (Å²) in [6.45, 7) is 8.85. The number of non-ortho nitro benzene ring substituents is 1. The van der Waals surface area contributed by atoms with Crippen LogP contribution in [0.5, 0.6) is 0 Å². The minimum Gasteiger partial charge on any atom is -0.348 e. The van der Waals surface area contributed by atoms with Crippen molar-refractivity contribution in [2.45, 2.75) is 57.7 Å². The first-order valence-electron chi connectivity index (χ1n) is 10.8. The molecule has 1 atom stereocenters. The van der Waals surface area contributed by atoms with Gasteiger partial charge in [-0.3, -0.25) is 10.1 Å². The van der Waals surface area contributed by atoms with Crippen molar-refractivity contribution >= 4 is 30.5 Å². The van der Waals surface area contributed by atoms with Crippen LogP contribution >= 0.6 is 19.7 Å². The molecule has 3 N–H and O–H groups in total. The van der Waals surface area contributed by atoms with E-state index in [9.17, 15) is 19.9 Å². The van der Waals surface area contributed by atoms with Crippen LogP contribution in [0.4, 0.5) is 10.8 Å². The molecule has 0 saturated heterocycles. The maximum Gasteiger partial charge on any atom is 0.269 e. The van der Waals surface area contributed by atoms with Gasteiger partial charge in [0, 0.05) is 23.4 Å². The highest BCUT2D eigenvalue weighted by atomic mass is 32.1. The van der Waals surface area contributed by atoms with Gasteiger partial charge in [0.2, 0.25) is 0 Å². The van der Waals surface area contributed by atoms with Crippen LogP contribution in [0.15, 0.2) is 41.8 Å². The molecule has 1 saturated carbocycles. The molecule has 9 heteroatoms. The Morgan fingerprint density at radius 3 is 2.33 bits per heavy atom. The Hall–Kier alpha value is -2.38. The number of anilines is 1. The van der Waals surface area contributed by atoms with Crippen LogP contribution in [-0.4, -0.2) is 19.7 Å². The minimum atomic E-state index is -2.35. The second-order valence-corrected chi connectivity index (χ2v) is 11.2. The number of aromatic nitrogens is 1. The summed E-state index contributed by atoms with van der Waals surface area (Å²) >= 11 is 1.44. The number of aryl methyl sites for hydroxylation is 3. The zero-order valence-corrected chi connectivity index (χ0v) is 20.8. The Morgan fingerprint density at radius 2 is 1.79 bits per heavy atom. The Bertz CT molecular complexity index is 1150. The van der Waals surface area contributed by atoms with Gasteiger partial charge in [-0.25, -0.2) is 4.98 Å². The van der Waals surface area contributed by atoms with E-state index in [1.54, 1.807) is 0 Å². The Balaban J connectivity index is 1.46. The van der Waals surface area contributed by atoms with Gasteiger partial charge in [-0.1, -0.05) is 24.6 Å². The molecule has 1 aliphatic rings. The number of nitrogens with zero attached hydrogens (tertiary/aromatic N) is 2. The highest BCUT2D eigenvalue weighted by molar-refractivity contribution is 7.45. The summed E-state index contributed by atoms with van der Waals surface area (Å²) in [6, 6.07) is 10.3. The maximum atomic E-state index is 10.9. The molecular weight excluding hydrogens is 457 g/mol. The summed E-state index contributed by atoms with van der Waals surface area (Å²) in [6.07, 6.45) is 2.05. The second-order valence-electron chi connectivity index (χ2n) is 9.23. The summed E-state index contributed by atoms with van der Waals surface area (Å²) in [5.41, 5.74) is 7.11. The number of hydrogen-bond acceptors (Lipinski definition) is 7. The van der Waals surface area contributed by atoms with Crippen molar-refractivity contribution in [1.82, 2.24) is 4.98 Å². The molecule has 1 heterocycles. The van der Waals surface area contributed by atoms with E-state index in [2.05, 4.69) is 45.1 Å². The number of benzene rings is 2. The highest BCUT2D eigenvalue weighted by Gasteiger charge is 2.44. The average molecular weight is 486 g/mol. The van der Waals surface area contributed by atoms with Crippen molar-refractivity contribution < 1.29 is 14.7 Å². The van der Waals surface area contributed by atoms with Gasteiger partial charge in [0.05, 0.1) is 10.6 Å². The molecule has 7 nitrogen and oxygen atoms in total. The van der Waals surface area contributed by atoms with Gasteiger partial charge in [-0.15, -0.1) is 11.3 Å². The quantitative estimate of drug-likeness (QED) is 0.208. The topological polar surface area (TPSA) is 109 Å². The summed E-state index contributed by atoms with van der Waals surface area (Å²) < 4.78 is 0. The number of thiazole rings is 1. The van der Waals surface area contributed by atoms with E-state index in [-0.39, 0.29) is 11.1 Å². The molecule has 0 amide bonds. The summed E-state index contributed by atoms with van der Waals surface area (Å²) in [5.74, 6) is -0.409. The maximum absolute atomic E-state index is 10.9. The zero-order valence-electron chi connectivity index (χ0n) is 19.1. The third-order valence-corrected chi connectivity index (χ3v) is 8.21. The van der Waals surface area contributed by atoms with Gasteiger partial charge < -0.3 is 15.1 Å². The van der Waals surface area contributed by atoms with Gasteiger partial charge >= 0.3 is 0 Å². The first kappa shape index (κ1) is 23.8. The predicted molar refractivity (Wildman–Crippen MR) is 133 cm³/mol. The summed E-state index contributed by atoms with van der Waals surface area (Å²) in [4.78, 5) is 35.0. The summed E-state index contributed by atoms with van der Waals surface area (Å²) in [7, 11) is -2.35. The molecule has 0 aliphatic heterocycles. The molecule has 0 bridgehead atoms. The average Bonchev–Trinajstić information content (AvgIpc) is 3.17. The van der Waals surface area contributed by atoms with Crippen LogP contribution < -0.4 is 5.32 Å². The van der Waals surface area contributed by atoms with Crippen LogP contribution in [0.1, 0.15) is 65.0 Å². The molecule has 0 spiro atoms. The molecule has 1 aromatic heterocycles. The van der Waals surface area contributed by atoms with Gasteiger partial charge in [0.1, 0.15) is 5.78 Å². The van der Waals surface area contributed by atoms with Crippen molar-refractivity contribution in [3.05, 3.63) is 85.4 Å². The Labute approximate surface area is 198 Å². The Kier molecular flexibility index (Phi) is 6.56. The smallest absolute Gasteiger partial charge is 0.269 e. The van der Waals surface area contributed by atoms with Gasteiger partial charge in [-0.2, -0.15) is 0 Å². The number of hydrogen-bond donors (Lipinski definition) is 3. The largest absolute Gasteiger partial charge is 0.348 e. The normalized spacial score (nSPS) is 21.0. The van der Waals surface area contributed by atoms with Crippen molar-refractivity contribution in [3.63, 3.8) is 0 Å². The van der Waals surface area contributed by atoms with Crippen molar-refractivity contribution in [1.29, 1.82) is 0 Å². The number of rotatable bonds is 7. The summed E-state index contributed by atoms with van der Waals surface area (Å²) in [5, 5.41) is 16.6. The van der Waals surface area contributed by atoms with E-state index in [0.29, 0.717) is 16.6 Å². The van der Waals surface area contributed by atoms with E-state index >= 15 is 0 Å². The van der Waals surface area contributed by atoms with Crippen molar-refractivity contribution in [2.75, 3.05) is 5.32 Å². The second kappa shape index (κ2) is 9.11. The van der Waals surface area contributed by atoms with Gasteiger partial charge in [-0.05, 0) is 73.4 Å². The SMILES string of the molecule is Cc1cc(C)c(C2(C)CC(c3csc(NC(c4ccc([N+](=O)[O-])cc4)P(O)O)n3)C2)c(C)c1. The molecule has 174 valence electrons. The van der Waals surface area contributed by atoms with Gasteiger partial charge in [0.25, 0.3) is 5.69 Å². The number of nitrogens with one attached hydrogen (secondary N) is 1. The highest BCUT2D eigenvalue weighted by Crippen LogP contribution is 2.54. The van der Waals surface area contributed by atoms with E-state index in [1.807, 2.05) is 5.38 Å². The lowest BCUT2D eigenvalue weighted by molar-refractivity contribution is -0.384. The lowest BCUT2D eigenvalue weighted by Crippen LogP contribution is -2.38. The van der Waals surface area contributed by atoms with Crippen LogP contribution in [0.3, 0.4) is 0 Å². The third-order valence-electron chi connectivity index (χ3n) is 6.53. The first-order chi connectivity index (χ1) is 15.6. The monoisotopic (exact) mass is 485 g/mol. The fraction of sp³-hybridized carbons (Fsp3) is 0.375. The van der Waals surface area contributed by atoms with Crippen LogP contribution in [0, 0.1) is 30.9 Å². The molecule has 2 aromatic carbocycles. The lowest BCUT2D eigenvalue weighted by Gasteiger charge is -2.47. The van der Waals surface area contributed by atoms with Gasteiger partial charge in [0.15, 0.2) is 13.5 Å². The van der Waals surface area contributed by atoms with Crippen LogP contribution in [0.2, 0.25) is 0 Å². The third kappa shape index (κ3) is 4.80. The minimum absolute atomic E-state index is 0.0404. The fourth-order valence-electron chi connectivity index (χ4n) is 5.28.